The quantitative estimate of drug-likeness (QED) is 0.252. The van der Waals surface area contributed by atoms with Gasteiger partial charge in [0.25, 0.3) is 5.91 Å². The van der Waals surface area contributed by atoms with Gasteiger partial charge in [-0.2, -0.15) is 5.26 Å². The van der Waals surface area contributed by atoms with Crippen LogP contribution in [0.1, 0.15) is 36.0 Å². The highest BCUT2D eigenvalue weighted by Gasteiger charge is 2.08. The number of carbonyl (C=O) groups is 3. The van der Waals surface area contributed by atoms with Crippen LogP contribution in [-0.4, -0.2) is 36.6 Å². The summed E-state index contributed by atoms with van der Waals surface area (Å²) in [5.74, 6) is -1.80. The van der Waals surface area contributed by atoms with Crippen molar-refractivity contribution in [2.24, 2.45) is 0 Å². The van der Waals surface area contributed by atoms with Crippen LogP contribution in [0.4, 0.5) is 5.69 Å². The van der Waals surface area contributed by atoms with Crippen LogP contribution in [0.3, 0.4) is 0 Å². The van der Waals surface area contributed by atoms with Crippen LogP contribution in [0.15, 0.2) is 36.0 Å². The lowest BCUT2D eigenvalue weighted by Crippen LogP contribution is -2.26. The molecule has 0 aliphatic carbocycles. The molecule has 0 saturated carbocycles. The number of methoxy groups -OCH3 is 1. The average molecular weight is 359 g/mol. The van der Waals surface area contributed by atoms with Crippen molar-refractivity contribution in [3.63, 3.8) is 0 Å². The maximum Gasteiger partial charge on any atom is 0.337 e. The predicted molar refractivity (Wildman–Crippen MR) is 94.2 cm³/mol. The van der Waals surface area contributed by atoms with E-state index in [2.05, 4.69) is 15.4 Å². The summed E-state index contributed by atoms with van der Waals surface area (Å²) >= 11 is 0. The topological polar surface area (TPSA) is 129 Å². The molecule has 0 fully saturated rings. The van der Waals surface area contributed by atoms with E-state index >= 15 is 0 Å². The number of nitrogens with zero attached hydrogens (tertiary/aromatic N) is 1. The van der Waals surface area contributed by atoms with Gasteiger partial charge in [0.15, 0.2) is 0 Å². The Morgan fingerprint density at radius 3 is 2.46 bits per heavy atom. The molecule has 3 N–H and O–H groups in total. The van der Waals surface area contributed by atoms with Crippen LogP contribution >= 0.6 is 0 Å². The number of unbranched alkanes of at least 4 members (excludes halogenated alkanes) is 2. The van der Waals surface area contributed by atoms with Crippen LogP contribution in [0, 0.1) is 11.3 Å². The Kier molecular flexibility index (Phi) is 8.96. The minimum absolute atomic E-state index is 0.0902. The highest BCUT2D eigenvalue weighted by atomic mass is 16.5. The Hall–Kier alpha value is -3.34. The molecule has 0 bridgehead atoms. The first-order valence-corrected chi connectivity index (χ1v) is 8.03. The van der Waals surface area contributed by atoms with Crippen LogP contribution in [0.2, 0.25) is 0 Å². The molecule has 0 aliphatic heterocycles. The van der Waals surface area contributed by atoms with Gasteiger partial charge < -0.3 is 20.5 Å². The average Bonchev–Trinajstić information content (AvgIpc) is 2.64. The Morgan fingerprint density at radius 1 is 1.19 bits per heavy atom. The molecule has 8 nitrogen and oxygen atoms in total. The van der Waals surface area contributed by atoms with Gasteiger partial charge in [-0.15, -0.1) is 0 Å². The first-order chi connectivity index (χ1) is 12.5. The van der Waals surface area contributed by atoms with E-state index in [1.54, 1.807) is 24.3 Å². The van der Waals surface area contributed by atoms with Crippen LogP contribution in [0.5, 0.6) is 0 Å². The molecule has 1 rings (SSSR count). The van der Waals surface area contributed by atoms with E-state index in [0.717, 1.165) is 0 Å². The fraction of sp³-hybridized carbons (Fsp3) is 0.333. The number of rotatable bonds is 10. The number of carboxylic acid groups (broad SMARTS) is 1. The molecule has 0 unspecified atom stereocenters. The van der Waals surface area contributed by atoms with E-state index in [1.807, 2.05) is 6.07 Å². The van der Waals surface area contributed by atoms with Gasteiger partial charge >= 0.3 is 11.9 Å². The molecule has 0 heterocycles. The number of nitriles is 1. The van der Waals surface area contributed by atoms with E-state index in [1.165, 1.54) is 13.3 Å². The second-order valence-electron chi connectivity index (χ2n) is 5.34. The van der Waals surface area contributed by atoms with Crippen molar-refractivity contribution < 1.29 is 24.2 Å². The minimum Gasteiger partial charge on any atom is -0.481 e. The Morgan fingerprint density at radius 2 is 1.88 bits per heavy atom. The molecule has 0 aromatic heterocycles. The number of amides is 1. The molecule has 0 spiro atoms. The molecule has 8 heteroatoms. The maximum absolute atomic E-state index is 11.9. The summed E-state index contributed by atoms with van der Waals surface area (Å²) in [5.41, 5.74) is 0.905. The first kappa shape index (κ1) is 20.7. The number of ether oxygens (including phenoxy) is 1. The van der Waals surface area contributed by atoms with Gasteiger partial charge in [0.1, 0.15) is 11.6 Å². The zero-order valence-electron chi connectivity index (χ0n) is 14.4. The summed E-state index contributed by atoms with van der Waals surface area (Å²) < 4.78 is 4.60. The SMILES string of the molecule is COC(=O)c1ccc(N/C=C(/C#N)C(=O)NCCCCCC(=O)O)cc1. The number of anilines is 1. The third-order valence-electron chi connectivity index (χ3n) is 3.41. The van der Waals surface area contributed by atoms with Gasteiger partial charge in [0.2, 0.25) is 0 Å². The van der Waals surface area contributed by atoms with Gasteiger partial charge in [-0.1, -0.05) is 6.42 Å². The zero-order chi connectivity index (χ0) is 19.4. The Bertz CT molecular complexity index is 705. The van der Waals surface area contributed by atoms with Gasteiger partial charge in [-0.25, -0.2) is 4.79 Å². The molecule has 0 aliphatic rings. The lowest BCUT2D eigenvalue weighted by molar-refractivity contribution is -0.137. The van der Waals surface area contributed by atoms with Crippen LogP contribution in [-0.2, 0) is 14.3 Å². The van der Waals surface area contributed by atoms with E-state index in [0.29, 0.717) is 37.1 Å². The van der Waals surface area contributed by atoms with E-state index < -0.39 is 17.8 Å². The number of carboxylic acids is 1. The van der Waals surface area contributed by atoms with E-state index in [9.17, 15) is 14.4 Å². The van der Waals surface area contributed by atoms with Crippen molar-refractivity contribution in [1.82, 2.24) is 5.32 Å². The lowest BCUT2D eigenvalue weighted by atomic mass is 10.2. The monoisotopic (exact) mass is 359 g/mol. The molecular formula is C18H21N3O5. The van der Waals surface area contributed by atoms with Crippen molar-refractivity contribution in [3.05, 3.63) is 41.6 Å². The number of aliphatic carboxylic acids is 1. The summed E-state index contributed by atoms with van der Waals surface area (Å²) in [6.45, 7) is 0.366. The van der Waals surface area contributed by atoms with Gasteiger partial charge in [-0.05, 0) is 37.1 Å². The summed E-state index contributed by atoms with van der Waals surface area (Å²) in [5, 5.41) is 23.0. The fourth-order valence-electron chi connectivity index (χ4n) is 2.00. The second-order valence-corrected chi connectivity index (χ2v) is 5.34. The zero-order valence-corrected chi connectivity index (χ0v) is 14.4. The summed E-state index contributed by atoms with van der Waals surface area (Å²) in [4.78, 5) is 33.6. The predicted octanol–water partition coefficient (Wildman–Crippen LogP) is 2.05. The van der Waals surface area contributed by atoms with Crippen molar-refractivity contribution in [2.45, 2.75) is 25.7 Å². The van der Waals surface area contributed by atoms with E-state index in [-0.39, 0.29) is 12.0 Å². The number of hydrogen-bond donors (Lipinski definition) is 3. The fourth-order valence-corrected chi connectivity index (χ4v) is 2.00. The Labute approximate surface area is 151 Å². The van der Waals surface area contributed by atoms with Crippen molar-refractivity contribution in [3.8, 4) is 6.07 Å². The molecular weight excluding hydrogens is 338 g/mol. The van der Waals surface area contributed by atoms with Crippen LogP contribution in [0.25, 0.3) is 0 Å². The Balaban J connectivity index is 2.46. The highest BCUT2D eigenvalue weighted by Crippen LogP contribution is 2.11. The van der Waals surface area contributed by atoms with Gasteiger partial charge in [-0.3, -0.25) is 9.59 Å². The van der Waals surface area contributed by atoms with Crippen molar-refractivity contribution in [2.75, 3.05) is 19.0 Å². The summed E-state index contributed by atoms with van der Waals surface area (Å²) in [6.07, 6.45) is 3.27. The molecule has 26 heavy (non-hydrogen) atoms. The van der Waals surface area contributed by atoms with Crippen LogP contribution < -0.4 is 10.6 Å². The summed E-state index contributed by atoms with van der Waals surface area (Å²) in [6, 6.07) is 8.18. The molecule has 0 atom stereocenters. The number of nitrogens with one attached hydrogen (secondary N) is 2. The largest absolute Gasteiger partial charge is 0.481 e. The van der Waals surface area contributed by atoms with Crippen molar-refractivity contribution >= 4 is 23.5 Å². The van der Waals surface area contributed by atoms with Crippen molar-refractivity contribution in [1.29, 1.82) is 5.26 Å². The molecule has 1 aromatic rings. The molecule has 138 valence electrons. The first-order valence-electron chi connectivity index (χ1n) is 8.03. The molecule has 1 aromatic carbocycles. The third-order valence-corrected chi connectivity index (χ3v) is 3.41. The van der Waals surface area contributed by atoms with Gasteiger partial charge in [0.05, 0.1) is 12.7 Å². The minimum atomic E-state index is -0.838. The molecule has 0 saturated heterocycles. The smallest absolute Gasteiger partial charge is 0.337 e. The normalized spacial score (nSPS) is 10.5. The molecule has 1 amide bonds. The highest BCUT2D eigenvalue weighted by molar-refractivity contribution is 5.97. The van der Waals surface area contributed by atoms with E-state index in [4.69, 9.17) is 10.4 Å². The second kappa shape index (κ2) is 11.3. The summed E-state index contributed by atoms with van der Waals surface area (Å²) in [7, 11) is 1.29. The number of esters is 1. The number of carbonyl (C=O) groups excluding carboxylic acids is 2. The number of benzene rings is 1. The lowest BCUT2D eigenvalue weighted by Gasteiger charge is -2.06. The van der Waals surface area contributed by atoms with Gasteiger partial charge in [0, 0.05) is 24.9 Å². The third kappa shape index (κ3) is 7.49. The number of hydrogen-bond acceptors (Lipinski definition) is 6. The molecule has 0 radical (unpaired) electrons. The maximum atomic E-state index is 11.9. The standard InChI is InChI=1S/C18H21N3O5/c1-26-18(25)13-6-8-15(9-7-13)21-12-14(11-19)17(24)20-10-4-2-3-5-16(22)23/h6-9,12,21H,2-5,10H2,1H3,(H,20,24)(H,22,23)/b14-12-.